The number of nitrogens with one attached hydrogen (secondary N) is 1. The molecule has 13 heavy (non-hydrogen) atoms. The normalized spacial score (nSPS) is 14.7. The molecule has 4 N–H and O–H groups in total. The SMILES string of the molecule is CN=C(N)NC[C@@H](O)C(F)(F)F.I. The highest BCUT2D eigenvalue weighted by Crippen LogP contribution is 2.18. The van der Waals surface area contributed by atoms with Gasteiger partial charge in [-0.25, -0.2) is 0 Å². The number of hydrogen-bond acceptors (Lipinski definition) is 2. The van der Waals surface area contributed by atoms with Crippen molar-refractivity contribution in [2.24, 2.45) is 10.7 Å². The number of guanidine groups is 1. The lowest BCUT2D eigenvalue weighted by Gasteiger charge is -2.14. The molecule has 0 bridgehead atoms. The maximum absolute atomic E-state index is 11.6. The van der Waals surface area contributed by atoms with Gasteiger partial charge < -0.3 is 16.2 Å². The Balaban J connectivity index is 0. The predicted molar refractivity (Wildman–Crippen MR) is 53.0 cm³/mol. The van der Waals surface area contributed by atoms with Crippen LogP contribution < -0.4 is 11.1 Å². The van der Waals surface area contributed by atoms with Gasteiger partial charge in [0, 0.05) is 7.05 Å². The maximum Gasteiger partial charge on any atom is 0.416 e. The minimum atomic E-state index is -4.62. The van der Waals surface area contributed by atoms with Gasteiger partial charge >= 0.3 is 6.18 Å². The van der Waals surface area contributed by atoms with E-state index in [1.165, 1.54) is 7.05 Å². The van der Waals surface area contributed by atoms with E-state index in [1.807, 2.05) is 0 Å². The molecule has 0 aliphatic heterocycles. The first-order valence-corrected chi connectivity index (χ1v) is 3.09. The lowest BCUT2D eigenvalue weighted by molar-refractivity contribution is -0.201. The highest BCUT2D eigenvalue weighted by atomic mass is 127. The summed E-state index contributed by atoms with van der Waals surface area (Å²) < 4.78 is 34.9. The fourth-order valence-corrected chi connectivity index (χ4v) is 0.396. The van der Waals surface area contributed by atoms with Gasteiger partial charge in [0.1, 0.15) is 0 Å². The van der Waals surface area contributed by atoms with Gasteiger partial charge in [0.25, 0.3) is 0 Å². The first-order chi connectivity index (χ1) is 5.38. The molecular formula is C5H11F3IN3O. The van der Waals surface area contributed by atoms with Gasteiger partial charge in [-0.2, -0.15) is 13.2 Å². The molecule has 0 aliphatic rings. The molecule has 1 atom stereocenters. The number of halogens is 4. The number of rotatable bonds is 2. The molecule has 0 rings (SSSR count). The Morgan fingerprint density at radius 3 is 2.38 bits per heavy atom. The second-order valence-electron chi connectivity index (χ2n) is 2.05. The summed E-state index contributed by atoms with van der Waals surface area (Å²) in [5, 5.41) is 10.5. The van der Waals surface area contributed by atoms with Gasteiger partial charge in [-0.3, -0.25) is 4.99 Å². The Bertz CT molecular complexity index is 173. The molecule has 0 saturated heterocycles. The van der Waals surface area contributed by atoms with E-state index in [1.54, 1.807) is 0 Å². The fourth-order valence-electron chi connectivity index (χ4n) is 0.396. The van der Waals surface area contributed by atoms with Gasteiger partial charge in [0.05, 0.1) is 6.54 Å². The van der Waals surface area contributed by atoms with Crippen molar-refractivity contribution in [1.29, 1.82) is 0 Å². The first-order valence-electron chi connectivity index (χ1n) is 3.09. The monoisotopic (exact) mass is 313 g/mol. The van der Waals surface area contributed by atoms with Crippen LogP contribution in [0.1, 0.15) is 0 Å². The average molecular weight is 313 g/mol. The molecule has 0 heterocycles. The van der Waals surface area contributed by atoms with Crippen molar-refractivity contribution < 1.29 is 18.3 Å². The maximum atomic E-state index is 11.6. The number of nitrogens with two attached hydrogens (primary N) is 1. The minimum Gasteiger partial charge on any atom is -0.382 e. The van der Waals surface area contributed by atoms with Gasteiger partial charge in [-0.1, -0.05) is 0 Å². The molecule has 0 amide bonds. The third-order valence-corrected chi connectivity index (χ3v) is 1.10. The van der Waals surface area contributed by atoms with E-state index < -0.39 is 18.8 Å². The van der Waals surface area contributed by atoms with Crippen LogP contribution in [0.25, 0.3) is 0 Å². The van der Waals surface area contributed by atoms with Crippen LogP contribution in [-0.4, -0.2) is 36.9 Å². The summed E-state index contributed by atoms with van der Waals surface area (Å²) in [6.07, 6.45) is -7.04. The third-order valence-electron chi connectivity index (χ3n) is 1.10. The van der Waals surface area contributed by atoms with E-state index in [4.69, 9.17) is 10.8 Å². The number of hydrogen-bond donors (Lipinski definition) is 3. The Hall–Kier alpha value is -0.250. The highest BCUT2D eigenvalue weighted by Gasteiger charge is 2.37. The largest absolute Gasteiger partial charge is 0.416 e. The van der Waals surface area contributed by atoms with Crippen LogP contribution in [0.3, 0.4) is 0 Å². The molecule has 0 aromatic carbocycles. The van der Waals surface area contributed by atoms with Crippen molar-refractivity contribution >= 4 is 29.9 Å². The van der Waals surface area contributed by atoms with Crippen molar-refractivity contribution in [3.8, 4) is 0 Å². The van der Waals surface area contributed by atoms with Crippen LogP contribution in [0, 0.1) is 0 Å². The van der Waals surface area contributed by atoms with Crippen LogP contribution in [0.2, 0.25) is 0 Å². The lowest BCUT2D eigenvalue weighted by Crippen LogP contribution is -2.43. The third kappa shape index (κ3) is 6.87. The molecule has 0 unspecified atom stereocenters. The van der Waals surface area contributed by atoms with E-state index in [2.05, 4.69) is 10.3 Å². The molecule has 0 fully saturated rings. The van der Waals surface area contributed by atoms with E-state index in [0.717, 1.165) is 0 Å². The highest BCUT2D eigenvalue weighted by molar-refractivity contribution is 14.0. The zero-order valence-corrected chi connectivity index (χ0v) is 9.13. The molecule has 0 aliphatic carbocycles. The van der Waals surface area contributed by atoms with Crippen LogP contribution in [0.5, 0.6) is 0 Å². The van der Waals surface area contributed by atoms with Gasteiger partial charge in [-0.05, 0) is 0 Å². The molecule has 8 heteroatoms. The number of alkyl halides is 3. The van der Waals surface area contributed by atoms with E-state index in [-0.39, 0.29) is 29.9 Å². The molecule has 0 spiro atoms. The van der Waals surface area contributed by atoms with Crippen molar-refractivity contribution in [2.45, 2.75) is 12.3 Å². The van der Waals surface area contributed by atoms with Crippen molar-refractivity contribution in [3.05, 3.63) is 0 Å². The second kappa shape index (κ2) is 6.24. The summed E-state index contributed by atoms with van der Waals surface area (Å²) in [6, 6.07) is 0. The Morgan fingerprint density at radius 1 is 1.62 bits per heavy atom. The van der Waals surface area contributed by atoms with Crippen LogP contribution in [0.15, 0.2) is 4.99 Å². The van der Waals surface area contributed by atoms with Gasteiger partial charge in [0.2, 0.25) is 0 Å². The minimum absolute atomic E-state index is 0. The quantitative estimate of drug-likeness (QED) is 0.384. The first kappa shape index (κ1) is 15.2. The average Bonchev–Trinajstić information content (AvgIpc) is 1.97. The predicted octanol–water partition coefficient (Wildman–Crippen LogP) is 0.0617. The summed E-state index contributed by atoms with van der Waals surface area (Å²) in [4.78, 5) is 3.35. The lowest BCUT2D eigenvalue weighted by atomic mass is 10.3. The number of nitrogens with zero attached hydrogens (tertiary/aromatic N) is 1. The number of aliphatic hydroxyl groups excluding tert-OH is 1. The van der Waals surface area contributed by atoms with E-state index in [9.17, 15) is 13.2 Å². The van der Waals surface area contributed by atoms with Crippen LogP contribution in [0.4, 0.5) is 13.2 Å². The summed E-state index contributed by atoms with van der Waals surface area (Å²) >= 11 is 0. The summed E-state index contributed by atoms with van der Waals surface area (Å²) in [6.45, 7) is -0.688. The molecule has 0 aromatic rings. The Labute approximate surface area is 90.4 Å². The van der Waals surface area contributed by atoms with E-state index in [0.29, 0.717) is 0 Å². The Morgan fingerprint density at radius 2 is 2.08 bits per heavy atom. The molecular weight excluding hydrogens is 302 g/mol. The fraction of sp³-hybridized carbons (Fsp3) is 0.800. The Kier molecular flexibility index (Phi) is 7.31. The summed E-state index contributed by atoms with van der Waals surface area (Å²) in [7, 11) is 1.32. The van der Waals surface area contributed by atoms with Crippen LogP contribution in [-0.2, 0) is 0 Å². The summed E-state index contributed by atoms with van der Waals surface area (Å²) in [5.41, 5.74) is 5.02. The molecule has 0 aromatic heterocycles. The molecule has 0 radical (unpaired) electrons. The molecule has 4 nitrogen and oxygen atoms in total. The molecule has 80 valence electrons. The summed E-state index contributed by atoms with van der Waals surface area (Å²) in [5.74, 6) is -0.140. The number of aliphatic imine (C=N–C) groups is 1. The zero-order valence-electron chi connectivity index (χ0n) is 6.80. The van der Waals surface area contributed by atoms with Crippen LogP contribution >= 0.6 is 24.0 Å². The van der Waals surface area contributed by atoms with Crippen molar-refractivity contribution in [3.63, 3.8) is 0 Å². The van der Waals surface area contributed by atoms with Gasteiger partial charge in [-0.15, -0.1) is 24.0 Å². The van der Waals surface area contributed by atoms with Gasteiger partial charge in [0.15, 0.2) is 12.1 Å². The number of aliphatic hydroxyl groups is 1. The molecule has 0 saturated carbocycles. The topological polar surface area (TPSA) is 70.6 Å². The smallest absolute Gasteiger partial charge is 0.382 e. The van der Waals surface area contributed by atoms with Crippen molar-refractivity contribution in [1.82, 2.24) is 5.32 Å². The standard InChI is InChI=1S/C5H10F3N3O.HI/c1-10-4(9)11-2-3(12)5(6,7)8;/h3,12H,2H2,1H3,(H3,9,10,11);1H/t3-;/m1./s1. The second-order valence-corrected chi connectivity index (χ2v) is 2.05. The van der Waals surface area contributed by atoms with Crippen molar-refractivity contribution in [2.75, 3.05) is 13.6 Å². The van der Waals surface area contributed by atoms with E-state index >= 15 is 0 Å². The zero-order chi connectivity index (χ0) is 9.78.